The molecule has 12 aliphatic carbocycles. The molecule has 0 spiro atoms. The van der Waals surface area contributed by atoms with Crippen molar-refractivity contribution in [3.63, 3.8) is 0 Å². The fraction of sp³-hybridized carbons (Fsp3) is 0.544. The Morgan fingerprint density at radius 2 is 0.787 bits per heavy atom. The second-order valence-corrected chi connectivity index (χ2v) is 22.8. The van der Waals surface area contributed by atoms with E-state index in [0.717, 1.165) is 118 Å². The first-order chi connectivity index (χ1) is 30.1. The predicted octanol–water partition coefficient (Wildman–Crippen LogP) is 11.9. The highest BCUT2D eigenvalue weighted by Crippen LogP contribution is 2.87. The number of nitriles is 2. The summed E-state index contributed by atoms with van der Waals surface area (Å²) in [7, 11) is 3.70. The highest BCUT2D eigenvalue weighted by atomic mass is 16.5. The number of fused-ring (bicyclic) bond motifs is 41. The maximum absolute atomic E-state index is 10.0. The number of rotatable bonds is 4. The number of nitrogens with zero attached hydrogens (tertiary/aromatic N) is 2. The van der Waals surface area contributed by atoms with Gasteiger partial charge in [0.1, 0.15) is 29.2 Å². The SMILES string of the molecule is COc1ccc(OC)c2c(-c3ccccc3)c3c(c(-c4ccccc4)c12)[C@H]1C[C@@H]3[C@H]2[C@H]3C[C@H]([C@H]4[C@H]5C[C@H]([C@@H]6[C@H]7C[C@@H]([C@H]56)[C@@H]5[C@H]6C[C@@H]([C@H]75)[C@H]5[C@@H]6[C@H]6CC[C@@H]5C6=C(C#N)C#N)[C@@H]34)[C@H]21. The van der Waals surface area contributed by atoms with Gasteiger partial charge >= 0.3 is 0 Å². The maximum atomic E-state index is 10.0. The summed E-state index contributed by atoms with van der Waals surface area (Å²) in [5, 5.41) is 22.6. The number of hydrogen-bond donors (Lipinski definition) is 0. The van der Waals surface area contributed by atoms with Crippen LogP contribution in [0, 0.1) is 141 Å². The van der Waals surface area contributed by atoms with Crippen LogP contribution >= 0.6 is 0 Å². The molecule has 304 valence electrons. The smallest absolute Gasteiger partial charge is 0.129 e. The van der Waals surface area contributed by atoms with Crippen LogP contribution < -0.4 is 9.47 Å². The molecule has 61 heavy (non-hydrogen) atoms. The molecule has 11 saturated carbocycles. The van der Waals surface area contributed by atoms with Crippen molar-refractivity contribution in [1.29, 1.82) is 10.5 Å². The summed E-state index contributed by atoms with van der Waals surface area (Å²) >= 11 is 0. The third kappa shape index (κ3) is 3.61. The average molecular weight is 799 g/mol. The summed E-state index contributed by atoms with van der Waals surface area (Å²) in [6.45, 7) is 0. The van der Waals surface area contributed by atoms with Crippen LogP contribution in [-0.4, -0.2) is 14.2 Å². The van der Waals surface area contributed by atoms with Gasteiger partial charge in [-0.25, -0.2) is 0 Å². The molecule has 16 rings (SSSR count). The number of hydrogen-bond acceptors (Lipinski definition) is 4. The third-order valence-electron chi connectivity index (χ3n) is 22.5. The van der Waals surface area contributed by atoms with Gasteiger partial charge in [-0.2, -0.15) is 10.5 Å². The Kier molecular flexibility index (Phi) is 6.32. The molecule has 4 aromatic carbocycles. The largest absolute Gasteiger partial charge is 0.496 e. The highest BCUT2D eigenvalue weighted by Gasteiger charge is 2.81. The standard InChI is InChI=1S/C57H54N2O2/c1-60-39-15-16-40(61-2)57-43(25-11-7-4-8-12-25)55-38-21-37(54(55)42(56(39)57)24-9-5-3-6-10-24)52-35-20-36(53(38)52)51-34-19-33(50(35)51)48-31-18-32(49(34)48)47-30-17-29(46(31)47)44-27-13-14-28(45(30)44)41(27)26(22-58)23-59/h3-12,15-16,27-38,44-53H,13-14,17-21H2,1-2H3/t27-,28+,29-,30+,31+,32-,33-,34+,35+,36-,37-,38+,44+,45-,46-,47+,48+,49-,50+,51-,52-,53+. The Balaban J connectivity index is 0.817. The van der Waals surface area contributed by atoms with Crippen molar-refractivity contribution in [2.75, 3.05) is 14.2 Å². The lowest BCUT2D eigenvalue weighted by Gasteiger charge is -2.55. The van der Waals surface area contributed by atoms with Gasteiger partial charge < -0.3 is 9.47 Å². The Morgan fingerprint density at radius 3 is 1.13 bits per heavy atom. The summed E-state index contributed by atoms with van der Waals surface area (Å²) in [6, 6.07) is 31.7. The third-order valence-corrected chi connectivity index (χ3v) is 22.5. The Labute approximate surface area is 359 Å². The Bertz CT molecular complexity index is 2580. The van der Waals surface area contributed by atoms with Crippen LogP contribution in [0.25, 0.3) is 33.0 Å². The first kappa shape index (κ1) is 34.0. The van der Waals surface area contributed by atoms with E-state index >= 15 is 0 Å². The normalized spacial score (nSPS) is 47.6. The van der Waals surface area contributed by atoms with Crippen LogP contribution in [0.3, 0.4) is 0 Å². The minimum atomic E-state index is 0.507. The van der Waals surface area contributed by atoms with E-state index in [2.05, 4.69) is 84.9 Å². The van der Waals surface area contributed by atoms with Gasteiger partial charge in [-0.3, -0.25) is 0 Å². The Morgan fingerprint density at radius 1 is 0.443 bits per heavy atom. The fourth-order valence-corrected chi connectivity index (χ4v) is 22.6. The molecule has 12 bridgehead atoms. The molecule has 0 aliphatic heterocycles. The molecule has 0 unspecified atom stereocenters. The molecule has 22 atom stereocenters. The van der Waals surface area contributed by atoms with Gasteiger partial charge in [-0.05, 0) is 226 Å². The molecule has 11 fully saturated rings. The van der Waals surface area contributed by atoms with Gasteiger partial charge in [0.2, 0.25) is 0 Å². The maximum Gasteiger partial charge on any atom is 0.129 e. The Hall–Kier alpha value is -4.54. The fourth-order valence-electron chi connectivity index (χ4n) is 22.6. The van der Waals surface area contributed by atoms with Crippen LogP contribution in [0.15, 0.2) is 83.9 Å². The van der Waals surface area contributed by atoms with Gasteiger partial charge in [0.25, 0.3) is 0 Å². The summed E-state index contributed by atoms with van der Waals surface area (Å²) in [6.07, 6.45) is 9.91. The minimum Gasteiger partial charge on any atom is -0.496 e. The van der Waals surface area contributed by atoms with Crippen molar-refractivity contribution in [2.45, 2.75) is 56.8 Å². The van der Waals surface area contributed by atoms with Crippen LogP contribution in [0.1, 0.15) is 67.9 Å². The van der Waals surface area contributed by atoms with Crippen LogP contribution in [-0.2, 0) is 0 Å². The lowest BCUT2D eigenvalue weighted by atomic mass is 9.50. The van der Waals surface area contributed by atoms with Crippen LogP contribution in [0.2, 0.25) is 0 Å². The first-order valence-corrected chi connectivity index (χ1v) is 24.5. The van der Waals surface area contributed by atoms with Crippen molar-refractivity contribution in [3.8, 4) is 45.9 Å². The van der Waals surface area contributed by atoms with E-state index in [4.69, 9.17) is 9.47 Å². The molecule has 4 heteroatoms. The van der Waals surface area contributed by atoms with Gasteiger partial charge in [0.05, 0.1) is 14.2 Å². The summed E-state index contributed by atoms with van der Waals surface area (Å²) in [4.78, 5) is 0. The van der Waals surface area contributed by atoms with Gasteiger partial charge in [-0.1, -0.05) is 60.7 Å². The van der Waals surface area contributed by atoms with E-state index < -0.39 is 0 Å². The first-order valence-electron chi connectivity index (χ1n) is 24.5. The zero-order chi connectivity index (χ0) is 39.9. The van der Waals surface area contributed by atoms with Crippen molar-refractivity contribution >= 4 is 10.8 Å². The topological polar surface area (TPSA) is 66.0 Å². The second kappa shape index (κ2) is 11.3. The lowest BCUT2D eigenvalue weighted by molar-refractivity contribution is -0.0719. The molecule has 0 aromatic heterocycles. The molecule has 0 amide bonds. The van der Waals surface area contributed by atoms with E-state index in [-0.39, 0.29) is 0 Å². The van der Waals surface area contributed by atoms with Crippen molar-refractivity contribution in [3.05, 3.63) is 95.1 Å². The second-order valence-electron chi connectivity index (χ2n) is 22.8. The van der Waals surface area contributed by atoms with E-state index in [1.807, 2.05) is 14.2 Å². The molecule has 0 saturated heterocycles. The summed E-state index contributed by atoms with van der Waals surface area (Å²) in [5.41, 5.74) is 10.7. The van der Waals surface area contributed by atoms with Crippen LogP contribution in [0.4, 0.5) is 0 Å². The van der Waals surface area contributed by atoms with Gasteiger partial charge in [0, 0.05) is 10.8 Å². The van der Waals surface area contributed by atoms with Gasteiger partial charge in [-0.15, -0.1) is 0 Å². The van der Waals surface area contributed by atoms with Crippen LogP contribution in [0.5, 0.6) is 11.5 Å². The van der Waals surface area contributed by atoms with E-state index in [1.165, 1.54) is 70.7 Å². The molecular weight excluding hydrogens is 745 g/mol. The highest BCUT2D eigenvalue weighted by molar-refractivity contribution is 6.14. The monoisotopic (exact) mass is 798 g/mol. The molecule has 0 heterocycles. The average Bonchev–Trinajstić information content (AvgIpc) is 4.14. The summed E-state index contributed by atoms with van der Waals surface area (Å²) < 4.78 is 12.7. The molecule has 0 radical (unpaired) electrons. The predicted molar refractivity (Wildman–Crippen MR) is 234 cm³/mol. The molecule has 4 nitrogen and oxygen atoms in total. The van der Waals surface area contributed by atoms with E-state index in [1.54, 1.807) is 24.0 Å². The van der Waals surface area contributed by atoms with E-state index in [0.29, 0.717) is 29.2 Å². The minimum absolute atomic E-state index is 0.507. The molecule has 0 N–H and O–H groups in total. The number of benzene rings is 4. The zero-order valence-electron chi connectivity index (χ0n) is 35.3. The molecule has 12 aliphatic rings. The quantitative estimate of drug-likeness (QED) is 0.152. The van der Waals surface area contributed by atoms with Crippen molar-refractivity contribution in [1.82, 2.24) is 0 Å². The van der Waals surface area contributed by atoms with Gasteiger partial charge in [0.15, 0.2) is 0 Å². The van der Waals surface area contributed by atoms with Crippen molar-refractivity contribution in [2.24, 2.45) is 118 Å². The lowest BCUT2D eigenvalue weighted by Crippen LogP contribution is -2.51. The van der Waals surface area contributed by atoms with E-state index in [9.17, 15) is 10.5 Å². The van der Waals surface area contributed by atoms with Crippen molar-refractivity contribution < 1.29 is 9.47 Å². The number of methoxy groups -OCH3 is 2. The molecule has 4 aromatic rings. The molecular formula is C57H54N2O2. The number of allylic oxidation sites excluding steroid dienone is 2. The zero-order valence-corrected chi connectivity index (χ0v) is 35.3. The number of ether oxygens (including phenoxy) is 2. The summed E-state index contributed by atoms with van der Waals surface area (Å²) in [5.74, 6) is 20.6.